The van der Waals surface area contributed by atoms with Crippen LogP contribution in [0.15, 0.2) is 17.1 Å². The molecule has 1 aliphatic heterocycles. The predicted octanol–water partition coefficient (Wildman–Crippen LogP) is 0.928. The summed E-state index contributed by atoms with van der Waals surface area (Å²) in [5.74, 6) is 0.230. The average molecular weight is 253 g/mol. The number of hydrogen-bond donors (Lipinski definition) is 1. The van der Waals surface area contributed by atoms with Gasteiger partial charge in [0.05, 0.1) is 18.8 Å². The molecule has 0 spiro atoms. The number of nitrogens with zero attached hydrogens (tertiary/aromatic N) is 2. The van der Waals surface area contributed by atoms with E-state index in [0.717, 1.165) is 12.8 Å². The van der Waals surface area contributed by atoms with Gasteiger partial charge in [-0.15, -0.1) is 0 Å². The highest BCUT2D eigenvalue weighted by molar-refractivity contribution is 5.23. The summed E-state index contributed by atoms with van der Waals surface area (Å²) in [6, 6.07) is 1.60. The molecule has 100 valence electrons. The van der Waals surface area contributed by atoms with Crippen molar-refractivity contribution >= 4 is 5.82 Å². The first-order chi connectivity index (χ1) is 8.56. The Balaban J connectivity index is 1.98. The van der Waals surface area contributed by atoms with Crippen molar-refractivity contribution in [2.24, 2.45) is 0 Å². The third-order valence-electron chi connectivity index (χ3n) is 2.86. The number of ether oxygens (including phenoxy) is 2. The van der Waals surface area contributed by atoms with Crippen LogP contribution in [0.4, 0.5) is 5.82 Å². The van der Waals surface area contributed by atoms with E-state index >= 15 is 0 Å². The van der Waals surface area contributed by atoms with Gasteiger partial charge in [-0.25, -0.2) is 4.79 Å². The van der Waals surface area contributed by atoms with E-state index in [1.165, 1.54) is 4.57 Å². The first-order valence-electron chi connectivity index (χ1n) is 6.18. The second-order valence-corrected chi connectivity index (χ2v) is 4.71. The molecule has 2 rings (SSSR count). The average Bonchev–Trinajstić information content (AvgIpc) is 2.75. The topological polar surface area (TPSA) is 79.4 Å². The van der Waals surface area contributed by atoms with Gasteiger partial charge in [-0.1, -0.05) is 0 Å². The fourth-order valence-electron chi connectivity index (χ4n) is 1.96. The highest BCUT2D eigenvalue weighted by atomic mass is 16.6. The SMILES string of the molecule is CC(C)OCC1CCC(n2ccc(N)nc2=O)O1. The molecule has 6 heteroatoms. The molecule has 1 aromatic rings. The third kappa shape index (κ3) is 3.08. The quantitative estimate of drug-likeness (QED) is 0.863. The summed E-state index contributed by atoms with van der Waals surface area (Å²) in [4.78, 5) is 15.4. The molecule has 6 nitrogen and oxygen atoms in total. The first-order valence-corrected chi connectivity index (χ1v) is 6.18. The number of nitrogen functional groups attached to an aromatic ring is 1. The molecule has 0 aromatic carbocycles. The van der Waals surface area contributed by atoms with Crippen LogP contribution >= 0.6 is 0 Å². The van der Waals surface area contributed by atoms with Gasteiger partial charge in [-0.2, -0.15) is 4.98 Å². The molecule has 2 N–H and O–H groups in total. The number of nitrogens with two attached hydrogens (primary N) is 1. The molecule has 2 atom stereocenters. The summed E-state index contributed by atoms with van der Waals surface area (Å²) in [5, 5.41) is 0. The van der Waals surface area contributed by atoms with Crippen molar-refractivity contribution in [3.05, 3.63) is 22.7 Å². The van der Waals surface area contributed by atoms with Crippen LogP contribution in [0, 0.1) is 0 Å². The molecule has 0 saturated carbocycles. The molecule has 0 amide bonds. The highest BCUT2D eigenvalue weighted by Gasteiger charge is 2.27. The normalized spacial score (nSPS) is 23.7. The second kappa shape index (κ2) is 5.49. The Labute approximate surface area is 106 Å². The van der Waals surface area contributed by atoms with Gasteiger partial charge in [0.2, 0.25) is 0 Å². The maximum atomic E-state index is 11.7. The predicted molar refractivity (Wildman–Crippen MR) is 67.1 cm³/mol. The smallest absolute Gasteiger partial charge is 0.351 e. The van der Waals surface area contributed by atoms with E-state index in [1.54, 1.807) is 12.3 Å². The lowest BCUT2D eigenvalue weighted by Gasteiger charge is -2.16. The van der Waals surface area contributed by atoms with Crippen LogP contribution < -0.4 is 11.4 Å². The van der Waals surface area contributed by atoms with Gasteiger partial charge in [0, 0.05) is 6.20 Å². The lowest BCUT2D eigenvalue weighted by Crippen LogP contribution is -2.28. The lowest BCUT2D eigenvalue weighted by atomic mass is 10.2. The van der Waals surface area contributed by atoms with E-state index in [0.29, 0.717) is 6.61 Å². The summed E-state index contributed by atoms with van der Waals surface area (Å²) in [7, 11) is 0. The monoisotopic (exact) mass is 253 g/mol. The number of anilines is 1. The molecule has 0 radical (unpaired) electrons. The maximum absolute atomic E-state index is 11.7. The van der Waals surface area contributed by atoms with Crippen LogP contribution in [0.2, 0.25) is 0 Å². The van der Waals surface area contributed by atoms with Crippen LogP contribution in [0.5, 0.6) is 0 Å². The van der Waals surface area contributed by atoms with Crippen LogP contribution in [0.3, 0.4) is 0 Å². The minimum Gasteiger partial charge on any atom is -0.383 e. The minimum absolute atomic E-state index is 0.0434. The van der Waals surface area contributed by atoms with E-state index < -0.39 is 0 Å². The van der Waals surface area contributed by atoms with Crippen LogP contribution in [0.25, 0.3) is 0 Å². The zero-order valence-corrected chi connectivity index (χ0v) is 10.7. The fourth-order valence-corrected chi connectivity index (χ4v) is 1.96. The van der Waals surface area contributed by atoms with E-state index in [2.05, 4.69) is 4.98 Å². The van der Waals surface area contributed by atoms with Crippen molar-refractivity contribution in [1.82, 2.24) is 9.55 Å². The van der Waals surface area contributed by atoms with Crippen molar-refractivity contribution in [2.75, 3.05) is 12.3 Å². The van der Waals surface area contributed by atoms with Crippen molar-refractivity contribution in [3.63, 3.8) is 0 Å². The fraction of sp³-hybridized carbons (Fsp3) is 0.667. The number of aromatic nitrogens is 2. The van der Waals surface area contributed by atoms with Gasteiger partial charge >= 0.3 is 5.69 Å². The molecule has 0 aliphatic carbocycles. The molecule has 1 aliphatic rings. The summed E-state index contributed by atoms with van der Waals surface area (Å²) >= 11 is 0. The van der Waals surface area contributed by atoms with Gasteiger partial charge in [-0.05, 0) is 32.8 Å². The molecular weight excluding hydrogens is 234 g/mol. The second-order valence-electron chi connectivity index (χ2n) is 4.71. The standard InChI is InChI=1S/C12H19N3O3/c1-8(2)17-7-9-3-4-11(18-9)15-6-5-10(13)14-12(15)16/h5-6,8-9,11H,3-4,7H2,1-2H3,(H2,13,14,16). The summed E-state index contributed by atoms with van der Waals surface area (Å²) in [5.41, 5.74) is 5.08. The van der Waals surface area contributed by atoms with E-state index in [1.807, 2.05) is 13.8 Å². The molecule has 2 unspecified atom stereocenters. The largest absolute Gasteiger partial charge is 0.383 e. The van der Waals surface area contributed by atoms with Crippen LogP contribution in [-0.2, 0) is 9.47 Å². The Bertz CT molecular complexity index is 458. The molecule has 0 bridgehead atoms. The summed E-state index contributed by atoms with van der Waals surface area (Å²) in [6.07, 6.45) is 3.27. The van der Waals surface area contributed by atoms with Gasteiger partial charge in [0.15, 0.2) is 0 Å². The molecule has 2 heterocycles. The molecule has 18 heavy (non-hydrogen) atoms. The van der Waals surface area contributed by atoms with Gasteiger partial charge in [0.25, 0.3) is 0 Å². The van der Waals surface area contributed by atoms with Crippen LogP contribution in [-0.4, -0.2) is 28.4 Å². The van der Waals surface area contributed by atoms with Crippen molar-refractivity contribution in [3.8, 4) is 0 Å². The Morgan fingerprint density at radius 1 is 1.61 bits per heavy atom. The maximum Gasteiger partial charge on any atom is 0.351 e. The van der Waals surface area contributed by atoms with E-state index in [9.17, 15) is 4.79 Å². The van der Waals surface area contributed by atoms with Crippen molar-refractivity contribution in [1.29, 1.82) is 0 Å². The number of hydrogen-bond acceptors (Lipinski definition) is 5. The highest BCUT2D eigenvalue weighted by Crippen LogP contribution is 2.27. The zero-order valence-electron chi connectivity index (χ0n) is 10.7. The molecular formula is C12H19N3O3. The van der Waals surface area contributed by atoms with E-state index in [-0.39, 0.29) is 29.9 Å². The zero-order chi connectivity index (χ0) is 13.1. The molecule has 1 saturated heterocycles. The van der Waals surface area contributed by atoms with Gasteiger partial charge < -0.3 is 15.2 Å². The Morgan fingerprint density at radius 2 is 2.39 bits per heavy atom. The number of rotatable bonds is 4. The van der Waals surface area contributed by atoms with Crippen molar-refractivity contribution < 1.29 is 9.47 Å². The Morgan fingerprint density at radius 3 is 3.06 bits per heavy atom. The van der Waals surface area contributed by atoms with Gasteiger partial charge in [0.1, 0.15) is 12.0 Å². The van der Waals surface area contributed by atoms with Crippen LogP contribution in [0.1, 0.15) is 32.9 Å². The van der Waals surface area contributed by atoms with E-state index in [4.69, 9.17) is 15.2 Å². The molecule has 1 fully saturated rings. The third-order valence-corrected chi connectivity index (χ3v) is 2.86. The van der Waals surface area contributed by atoms with Crippen molar-refractivity contribution in [2.45, 2.75) is 45.1 Å². The Hall–Kier alpha value is -1.40. The summed E-state index contributed by atoms with van der Waals surface area (Å²) in [6.45, 7) is 4.53. The minimum atomic E-state index is -0.370. The first kappa shape index (κ1) is 13.0. The molecule has 1 aromatic heterocycles. The summed E-state index contributed by atoms with van der Waals surface area (Å²) < 4.78 is 12.8. The lowest BCUT2D eigenvalue weighted by molar-refractivity contribution is -0.0551. The Kier molecular flexibility index (Phi) is 3.98. The van der Waals surface area contributed by atoms with Gasteiger partial charge in [-0.3, -0.25) is 4.57 Å².